The van der Waals surface area contributed by atoms with Gasteiger partial charge < -0.3 is 10.8 Å². The lowest BCUT2D eigenvalue weighted by Gasteiger charge is -2.06. The summed E-state index contributed by atoms with van der Waals surface area (Å²) in [6, 6.07) is 7.34. The van der Waals surface area contributed by atoms with Crippen molar-refractivity contribution in [2.75, 3.05) is 12.3 Å². The molecular weight excluding hydrogens is 226 g/mol. The van der Waals surface area contributed by atoms with Crippen molar-refractivity contribution in [3.05, 3.63) is 41.0 Å². The van der Waals surface area contributed by atoms with Crippen molar-refractivity contribution in [1.29, 1.82) is 0 Å². The smallest absolute Gasteiger partial charge is 0.130 e. The molecule has 0 saturated heterocycles. The second-order valence-electron chi connectivity index (χ2n) is 3.39. The fourth-order valence-electron chi connectivity index (χ4n) is 1.52. The van der Waals surface area contributed by atoms with E-state index in [1.165, 1.54) is 0 Å². The summed E-state index contributed by atoms with van der Waals surface area (Å²) in [5, 5.41) is 13.6. The van der Waals surface area contributed by atoms with Gasteiger partial charge in [-0.15, -0.1) is 0 Å². The largest absolute Gasteiger partial charge is 0.396 e. The van der Waals surface area contributed by atoms with Gasteiger partial charge in [0.05, 0.1) is 16.9 Å². The van der Waals surface area contributed by atoms with Crippen LogP contribution in [0.3, 0.4) is 0 Å². The average molecular weight is 238 g/mol. The van der Waals surface area contributed by atoms with E-state index in [1.807, 2.05) is 18.2 Å². The first kappa shape index (κ1) is 11.0. The van der Waals surface area contributed by atoms with Crippen molar-refractivity contribution in [2.45, 2.75) is 6.42 Å². The SMILES string of the molecule is Nc1c(CCO)cnn1-c1ccccc1Cl. The molecule has 4 nitrogen and oxygen atoms in total. The van der Waals surface area contributed by atoms with Crippen molar-refractivity contribution in [2.24, 2.45) is 0 Å². The van der Waals surface area contributed by atoms with Crippen LogP contribution < -0.4 is 5.73 Å². The number of nitrogens with two attached hydrogens (primary N) is 1. The van der Waals surface area contributed by atoms with E-state index in [1.54, 1.807) is 16.9 Å². The Hall–Kier alpha value is -1.52. The third kappa shape index (κ3) is 1.89. The van der Waals surface area contributed by atoms with Crippen LogP contribution in [0, 0.1) is 0 Å². The Kier molecular flexibility index (Phi) is 3.12. The second kappa shape index (κ2) is 4.55. The second-order valence-corrected chi connectivity index (χ2v) is 3.80. The van der Waals surface area contributed by atoms with Gasteiger partial charge in [-0.05, 0) is 12.1 Å². The molecule has 1 heterocycles. The number of aliphatic hydroxyl groups excluding tert-OH is 1. The fraction of sp³-hybridized carbons (Fsp3) is 0.182. The van der Waals surface area contributed by atoms with Crippen LogP contribution in [0.1, 0.15) is 5.56 Å². The van der Waals surface area contributed by atoms with Crippen LogP contribution in [-0.2, 0) is 6.42 Å². The molecule has 0 aliphatic heterocycles. The molecular formula is C11H12ClN3O. The number of aliphatic hydroxyl groups is 1. The van der Waals surface area contributed by atoms with Gasteiger partial charge in [-0.1, -0.05) is 23.7 Å². The highest BCUT2D eigenvalue weighted by molar-refractivity contribution is 6.32. The maximum absolute atomic E-state index is 8.86. The Balaban J connectivity index is 2.45. The standard InChI is InChI=1S/C11H12ClN3O/c12-9-3-1-2-4-10(9)15-11(13)8(5-6-16)7-14-15/h1-4,7,16H,5-6,13H2. The van der Waals surface area contributed by atoms with Crippen LogP contribution in [0.5, 0.6) is 0 Å². The molecule has 0 saturated carbocycles. The van der Waals surface area contributed by atoms with E-state index in [2.05, 4.69) is 5.10 Å². The third-order valence-electron chi connectivity index (χ3n) is 2.35. The quantitative estimate of drug-likeness (QED) is 0.853. The molecule has 0 spiro atoms. The van der Waals surface area contributed by atoms with Crippen molar-refractivity contribution in [1.82, 2.24) is 9.78 Å². The van der Waals surface area contributed by atoms with E-state index in [0.29, 0.717) is 17.3 Å². The normalized spacial score (nSPS) is 10.6. The summed E-state index contributed by atoms with van der Waals surface area (Å²) < 4.78 is 1.58. The number of nitrogen functional groups attached to an aromatic ring is 1. The molecule has 1 aromatic carbocycles. The number of hydrogen-bond donors (Lipinski definition) is 2. The van der Waals surface area contributed by atoms with Crippen LogP contribution >= 0.6 is 11.6 Å². The predicted molar refractivity (Wildman–Crippen MR) is 63.8 cm³/mol. The zero-order chi connectivity index (χ0) is 11.5. The van der Waals surface area contributed by atoms with E-state index in [-0.39, 0.29) is 6.61 Å². The molecule has 0 fully saturated rings. The Morgan fingerprint density at radius 1 is 1.38 bits per heavy atom. The van der Waals surface area contributed by atoms with Gasteiger partial charge in [0.25, 0.3) is 0 Å². The lowest BCUT2D eigenvalue weighted by molar-refractivity contribution is 0.300. The summed E-state index contributed by atoms with van der Waals surface area (Å²) in [6.45, 7) is 0.0540. The number of aromatic nitrogens is 2. The number of benzene rings is 1. The molecule has 2 rings (SSSR count). The van der Waals surface area contributed by atoms with Gasteiger partial charge in [0.15, 0.2) is 0 Å². The maximum atomic E-state index is 8.86. The van der Waals surface area contributed by atoms with Gasteiger partial charge in [0.1, 0.15) is 5.82 Å². The van der Waals surface area contributed by atoms with Crippen molar-refractivity contribution in [3.63, 3.8) is 0 Å². The summed E-state index contributed by atoms with van der Waals surface area (Å²) >= 11 is 6.05. The van der Waals surface area contributed by atoms with Gasteiger partial charge in [-0.25, -0.2) is 4.68 Å². The van der Waals surface area contributed by atoms with E-state index < -0.39 is 0 Å². The maximum Gasteiger partial charge on any atom is 0.130 e. The fourth-order valence-corrected chi connectivity index (χ4v) is 1.74. The molecule has 3 N–H and O–H groups in total. The van der Waals surface area contributed by atoms with Crippen molar-refractivity contribution < 1.29 is 5.11 Å². The average Bonchev–Trinajstić information content (AvgIpc) is 2.62. The molecule has 0 bridgehead atoms. The Labute approximate surface area is 98.3 Å². The number of halogens is 1. The van der Waals surface area contributed by atoms with Crippen LogP contribution in [0.15, 0.2) is 30.5 Å². The first-order chi connectivity index (χ1) is 7.74. The molecule has 16 heavy (non-hydrogen) atoms. The minimum absolute atomic E-state index is 0.0540. The number of nitrogens with zero attached hydrogens (tertiary/aromatic N) is 2. The van der Waals surface area contributed by atoms with Gasteiger partial charge in [0, 0.05) is 18.6 Å². The third-order valence-corrected chi connectivity index (χ3v) is 2.67. The summed E-state index contributed by atoms with van der Waals surface area (Å²) in [4.78, 5) is 0. The lowest BCUT2D eigenvalue weighted by Crippen LogP contribution is -2.04. The number of hydrogen-bond acceptors (Lipinski definition) is 3. The van der Waals surface area contributed by atoms with E-state index in [0.717, 1.165) is 11.3 Å². The zero-order valence-corrected chi connectivity index (χ0v) is 9.35. The van der Waals surface area contributed by atoms with E-state index in [4.69, 9.17) is 22.4 Å². The summed E-state index contributed by atoms with van der Waals surface area (Å²) in [5.74, 6) is 0.516. The molecule has 0 atom stereocenters. The molecule has 0 aliphatic rings. The topological polar surface area (TPSA) is 64.1 Å². The molecule has 0 radical (unpaired) electrons. The first-order valence-corrected chi connectivity index (χ1v) is 5.30. The molecule has 2 aromatic rings. The number of anilines is 1. The van der Waals surface area contributed by atoms with Crippen molar-refractivity contribution >= 4 is 17.4 Å². The van der Waals surface area contributed by atoms with Gasteiger partial charge >= 0.3 is 0 Å². The highest BCUT2D eigenvalue weighted by Crippen LogP contribution is 2.23. The molecule has 0 amide bonds. The Morgan fingerprint density at radius 2 is 2.12 bits per heavy atom. The minimum atomic E-state index is 0.0540. The predicted octanol–water partition coefficient (Wildman–Crippen LogP) is 1.64. The summed E-state index contributed by atoms with van der Waals surface area (Å²) in [6.07, 6.45) is 2.14. The molecule has 5 heteroatoms. The zero-order valence-electron chi connectivity index (χ0n) is 8.60. The van der Waals surface area contributed by atoms with Gasteiger partial charge in [-0.2, -0.15) is 5.10 Å². The minimum Gasteiger partial charge on any atom is -0.396 e. The summed E-state index contributed by atoms with van der Waals surface area (Å²) in [7, 11) is 0. The van der Waals surface area contributed by atoms with Crippen LogP contribution in [0.25, 0.3) is 5.69 Å². The molecule has 1 aromatic heterocycles. The molecule has 84 valence electrons. The van der Waals surface area contributed by atoms with E-state index >= 15 is 0 Å². The van der Waals surface area contributed by atoms with Crippen molar-refractivity contribution in [3.8, 4) is 5.69 Å². The van der Waals surface area contributed by atoms with Gasteiger partial charge in [0.2, 0.25) is 0 Å². The number of rotatable bonds is 3. The van der Waals surface area contributed by atoms with E-state index in [9.17, 15) is 0 Å². The Morgan fingerprint density at radius 3 is 2.81 bits per heavy atom. The van der Waals surface area contributed by atoms with Crippen LogP contribution in [-0.4, -0.2) is 21.5 Å². The highest BCUT2D eigenvalue weighted by atomic mass is 35.5. The van der Waals surface area contributed by atoms with Crippen LogP contribution in [0.2, 0.25) is 5.02 Å². The molecule has 0 aliphatic carbocycles. The summed E-state index contributed by atoms with van der Waals surface area (Å²) in [5.41, 5.74) is 7.48. The van der Waals surface area contributed by atoms with Crippen LogP contribution in [0.4, 0.5) is 5.82 Å². The van der Waals surface area contributed by atoms with Gasteiger partial charge in [-0.3, -0.25) is 0 Å². The lowest BCUT2D eigenvalue weighted by atomic mass is 10.2. The number of para-hydroxylation sites is 1. The monoisotopic (exact) mass is 237 g/mol. The highest BCUT2D eigenvalue weighted by Gasteiger charge is 2.10. The Bertz CT molecular complexity index is 496. The molecule has 0 unspecified atom stereocenters. The first-order valence-electron chi connectivity index (χ1n) is 4.92.